The van der Waals surface area contributed by atoms with Crippen LogP contribution in [0.15, 0.2) is 18.3 Å². The minimum absolute atomic E-state index is 0.0682. The van der Waals surface area contributed by atoms with Gasteiger partial charge in [-0.2, -0.15) is 0 Å². The summed E-state index contributed by atoms with van der Waals surface area (Å²) < 4.78 is 0. The first-order valence-electron chi connectivity index (χ1n) is 5.15. The molecule has 0 amide bonds. The highest BCUT2D eigenvalue weighted by Crippen LogP contribution is 2.35. The van der Waals surface area contributed by atoms with Gasteiger partial charge in [0.15, 0.2) is 0 Å². The number of nitrogens with two attached hydrogens (primary N) is 1. The van der Waals surface area contributed by atoms with Gasteiger partial charge in [-0.25, -0.2) is 4.98 Å². The molecule has 1 aromatic heterocycles. The van der Waals surface area contributed by atoms with Crippen LogP contribution in [-0.4, -0.2) is 4.98 Å². The van der Waals surface area contributed by atoms with E-state index < -0.39 is 0 Å². The number of nitrogens with zero attached hydrogens (tertiary/aromatic N) is 1. The predicted molar refractivity (Wildman–Crippen MR) is 58.1 cm³/mol. The molecule has 0 saturated heterocycles. The predicted octanol–water partition coefficient (Wildman–Crippen LogP) is 2.93. The molecule has 0 radical (unpaired) electrons. The van der Waals surface area contributed by atoms with Gasteiger partial charge in [0.25, 0.3) is 0 Å². The molecule has 0 aromatic carbocycles. The topological polar surface area (TPSA) is 38.9 Å². The van der Waals surface area contributed by atoms with Crippen LogP contribution < -0.4 is 5.73 Å². The maximum Gasteiger partial charge on any atom is 0.133 e. The molecule has 1 atom stereocenters. The Hall–Kier alpha value is -0.600. The van der Waals surface area contributed by atoms with Gasteiger partial charge in [-0.05, 0) is 24.8 Å². The quantitative estimate of drug-likeness (QED) is 0.763. The van der Waals surface area contributed by atoms with E-state index in [4.69, 9.17) is 17.3 Å². The summed E-state index contributed by atoms with van der Waals surface area (Å²) in [5.41, 5.74) is 7.18. The maximum atomic E-state index is 6.18. The SMILES string of the molecule is N[C@@H](c1cccnc1Cl)C1CCCC1. The normalized spacial score (nSPS) is 19.9. The van der Waals surface area contributed by atoms with Gasteiger partial charge >= 0.3 is 0 Å². The molecule has 1 saturated carbocycles. The Morgan fingerprint density at radius 2 is 2.14 bits per heavy atom. The Balaban J connectivity index is 2.17. The van der Waals surface area contributed by atoms with E-state index in [1.807, 2.05) is 12.1 Å². The summed E-state index contributed by atoms with van der Waals surface area (Å²) in [7, 11) is 0. The van der Waals surface area contributed by atoms with Gasteiger partial charge in [0.1, 0.15) is 5.15 Å². The number of aromatic nitrogens is 1. The molecule has 0 bridgehead atoms. The van der Waals surface area contributed by atoms with Crippen LogP contribution in [-0.2, 0) is 0 Å². The van der Waals surface area contributed by atoms with Crippen LogP contribution in [0, 0.1) is 5.92 Å². The van der Waals surface area contributed by atoms with Crippen LogP contribution in [0.4, 0.5) is 0 Å². The summed E-state index contributed by atoms with van der Waals surface area (Å²) in [5, 5.41) is 0.562. The van der Waals surface area contributed by atoms with Gasteiger partial charge in [0, 0.05) is 17.8 Å². The van der Waals surface area contributed by atoms with E-state index in [1.165, 1.54) is 25.7 Å². The largest absolute Gasteiger partial charge is 0.324 e. The molecule has 2 N–H and O–H groups in total. The Morgan fingerprint density at radius 3 is 2.79 bits per heavy atom. The molecule has 1 heterocycles. The summed E-state index contributed by atoms with van der Waals surface area (Å²) in [6, 6.07) is 3.95. The standard InChI is InChI=1S/C11H15ClN2/c12-11-9(6-3-7-14-11)10(13)8-4-1-2-5-8/h3,6-8,10H,1-2,4-5,13H2/t10-/m1/s1. The molecule has 0 spiro atoms. The average molecular weight is 211 g/mol. The molecular formula is C11H15ClN2. The molecule has 1 aliphatic carbocycles. The minimum Gasteiger partial charge on any atom is -0.324 e. The number of hydrogen-bond acceptors (Lipinski definition) is 2. The molecule has 0 unspecified atom stereocenters. The molecule has 1 aromatic rings. The van der Waals surface area contributed by atoms with E-state index >= 15 is 0 Å². The first-order valence-corrected chi connectivity index (χ1v) is 5.53. The van der Waals surface area contributed by atoms with Gasteiger partial charge in [-0.3, -0.25) is 0 Å². The Morgan fingerprint density at radius 1 is 1.43 bits per heavy atom. The van der Waals surface area contributed by atoms with Crippen molar-refractivity contribution in [2.45, 2.75) is 31.7 Å². The lowest BCUT2D eigenvalue weighted by Crippen LogP contribution is -2.19. The first-order chi connectivity index (χ1) is 6.79. The first kappa shape index (κ1) is 9.94. The minimum atomic E-state index is 0.0682. The van der Waals surface area contributed by atoms with Gasteiger partial charge < -0.3 is 5.73 Å². The van der Waals surface area contributed by atoms with Crippen molar-refractivity contribution >= 4 is 11.6 Å². The van der Waals surface area contributed by atoms with E-state index in [9.17, 15) is 0 Å². The highest BCUT2D eigenvalue weighted by molar-refractivity contribution is 6.30. The van der Waals surface area contributed by atoms with E-state index in [0.717, 1.165) is 5.56 Å². The average Bonchev–Trinajstić information content (AvgIpc) is 2.70. The van der Waals surface area contributed by atoms with Crippen LogP contribution in [0.25, 0.3) is 0 Å². The summed E-state index contributed by atoms with van der Waals surface area (Å²) in [6.45, 7) is 0. The van der Waals surface area contributed by atoms with Crippen molar-refractivity contribution < 1.29 is 0 Å². The van der Waals surface area contributed by atoms with Crippen LogP contribution in [0.2, 0.25) is 5.15 Å². The Labute approximate surface area is 89.5 Å². The summed E-state index contributed by atoms with van der Waals surface area (Å²) >= 11 is 6.01. The smallest absolute Gasteiger partial charge is 0.133 e. The summed E-state index contributed by atoms with van der Waals surface area (Å²) in [5.74, 6) is 0.594. The lowest BCUT2D eigenvalue weighted by atomic mass is 9.93. The molecule has 3 heteroatoms. The second kappa shape index (κ2) is 4.28. The zero-order valence-electron chi connectivity index (χ0n) is 8.12. The van der Waals surface area contributed by atoms with Gasteiger partial charge in [-0.15, -0.1) is 0 Å². The number of halogens is 1. The third-order valence-electron chi connectivity index (χ3n) is 3.05. The molecule has 0 aliphatic heterocycles. The fourth-order valence-corrected chi connectivity index (χ4v) is 2.46. The molecule has 2 rings (SSSR count). The van der Waals surface area contributed by atoms with Crippen molar-refractivity contribution in [2.24, 2.45) is 11.7 Å². The fourth-order valence-electron chi connectivity index (χ4n) is 2.22. The third kappa shape index (κ3) is 1.91. The monoisotopic (exact) mass is 210 g/mol. The van der Waals surface area contributed by atoms with Gasteiger partial charge in [0.05, 0.1) is 0 Å². The zero-order chi connectivity index (χ0) is 9.97. The van der Waals surface area contributed by atoms with Crippen molar-refractivity contribution in [3.63, 3.8) is 0 Å². The van der Waals surface area contributed by atoms with Crippen molar-refractivity contribution in [1.29, 1.82) is 0 Å². The molecular weight excluding hydrogens is 196 g/mol. The highest BCUT2D eigenvalue weighted by Gasteiger charge is 2.24. The lowest BCUT2D eigenvalue weighted by Gasteiger charge is -2.19. The van der Waals surface area contributed by atoms with E-state index in [-0.39, 0.29) is 6.04 Å². The zero-order valence-corrected chi connectivity index (χ0v) is 8.87. The summed E-state index contributed by atoms with van der Waals surface area (Å²) in [4.78, 5) is 4.06. The fraction of sp³-hybridized carbons (Fsp3) is 0.545. The van der Waals surface area contributed by atoms with E-state index in [0.29, 0.717) is 11.1 Å². The van der Waals surface area contributed by atoms with Gasteiger partial charge in [-0.1, -0.05) is 30.5 Å². The number of pyridine rings is 1. The molecule has 1 aliphatic rings. The van der Waals surface area contributed by atoms with Crippen LogP contribution >= 0.6 is 11.6 Å². The number of hydrogen-bond donors (Lipinski definition) is 1. The Bertz CT molecular complexity index is 308. The van der Waals surface area contributed by atoms with Crippen molar-refractivity contribution in [3.05, 3.63) is 29.0 Å². The number of rotatable bonds is 2. The van der Waals surface area contributed by atoms with Crippen molar-refractivity contribution in [2.75, 3.05) is 0 Å². The van der Waals surface area contributed by atoms with Crippen LogP contribution in [0.1, 0.15) is 37.3 Å². The molecule has 2 nitrogen and oxygen atoms in total. The Kier molecular flexibility index (Phi) is 3.04. The van der Waals surface area contributed by atoms with Crippen LogP contribution in [0.3, 0.4) is 0 Å². The molecule has 76 valence electrons. The van der Waals surface area contributed by atoms with E-state index in [1.54, 1.807) is 6.20 Å². The lowest BCUT2D eigenvalue weighted by molar-refractivity contribution is 0.444. The van der Waals surface area contributed by atoms with E-state index in [2.05, 4.69) is 4.98 Å². The van der Waals surface area contributed by atoms with Crippen LogP contribution in [0.5, 0.6) is 0 Å². The second-order valence-electron chi connectivity index (χ2n) is 3.95. The third-order valence-corrected chi connectivity index (χ3v) is 3.37. The molecule has 14 heavy (non-hydrogen) atoms. The second-order valence-corrected chi connectivity index (χ2v) is 4.31. The summed E-state index contributed by atoms with van der Waals surface area (Å²) in [6.07, 6.45) is 6.76. The van der Waals surface area contributed by atoms with Gasteiger partial charge in [0.2, 0.25) is 0 Å². The van der Waals surface area contributed by atoms with Crippen molar-refractivity contribution in [3.8, 4) is 0 Å². The maximum absolute atomic E-state index is 6.18. The highest BCUT2D eigenvalue weighted by atomic mass is 35.5. The molecule has 1 fully saturated rings. The van der Waals surface area contributed by atoms with Crippen molar-refractivity contribution in [1.82, 2.24) is 4.98 Å².